The van der Waals surface area contributed by atoms with E-state index in [1.54, 1.807) is 27.0 Å². The number of pyridine rings is 1. The van der Waals surface area contributed by atoms with Gasteiger partial charge in [-0.05, 0) is 49.8 Å². The summed E-state index contributed by atoms with van der Waals surface area (Å²) < 4.78 is 17.5. The van der Waals surface area contributed by atoms with Crippen molar-refractivity contribution in [3.05, 3.63) is 35.8 Å². The predicted molar refractivity (Wildman–Crippen MR) is 150 cm³/mol. The third-order valence-electron chi connectivity index (χ3n) is 6.24. The highest BCUT2D eigenvalue weighted by molar-refractivity contribution is 7.17. The maximum Gasteiger partial charge on any atom is 0.408 e. The van der Waals surface area contributed by atoms with E-state index >= 15 is 0 Å². The molecule has 1 fully saturated rings. The zero-order valence-corrected chi connectivity index (χ0v) is 24.6. The zero-order valence-electron chi connectivity index (χ0n) is 23.8. The standard InChI is InChI=1S/C28H35N5O6S/c1-27(2,3)21(31-26(36)39-28(4,5)6)24(34)33-15-16(14-19(33)25(35)37-7)38-23-20-17(11-13-40-20)30-22(32-23)18-10-8-9-12-29-18/h8-13,16,19,21H,14-15H2,1-7H3,(H,31,36)/t16-,19?,21-/m1/s1. The van der Waals surface area contributed by atoms with Gasteiger partial charge in [0.2, 0.25) is 11.8 Å². The Morgan fingerprint density at radius 2 is 1.85 bits per heavy atom. The summed E-state index contributed by atoms with van der Waals surface area (Å²) in [5.41, 5.74) is -0.117. The first-order valence-electron chi connectivity index (χ1n) is 13.0. The normalized spacial score (nSPS) is 18.3. The number of aromatic nitrogens is 3. The van der Waals surface area contributed by atoms with Gasteiger partial charge in [0.15, 0.2) is 5.82 Å². The van der Waals surface area contributed by atoms with Crippen molar-refractivity contribution in [1.29, 1.82) is 0 Å². The van der Waals surface area contributed by atoms with Crippen molar-refractivity contribution >= 4 is 39.5 Å². The fourth-order valence-corrected chi connectivity index (χ4v) is 5.17. The third-order valence-corrected chi connectivity index (χ3v) is 7.13. The van der Waals surface area contributed by atoms with Crippen LogP contribution in [0.25, 0.3) is 21.7 Å². The van der Waals surface area contributed by atoms with E-state index in [9.17, 15) is 14.4 Å². The van der Waals surface area contributed by atoms with E-state index in [1.807, 2.05) is 50.4 Å². The van der Waals surface area contributed by atoms with Gasteiger partial charge in [0.25, 0.3) is 0 Å². The second kappa shape index (κ2) is 11.4. The number of ether oxygens (including phenoxy) is 3. The summed E-state index contributed by atoms with van der Waals surface area (Å²) in [6.45, 7) is 10.8. The van der Waals surface area contributed by atoms with E-state index in [0.717, 1.165) is 4.70 Å². The van der Waals surface area contributed by atoms with Gasteiger partial charge in [-0.3, -0.25) is 9.78 Å². The van der Waals surface area contributed by atoms with Crippen LogP contribution in [0.1, 0.15) is 48.0 Å². The lowest BCUT2D eigenvalue weighted by Crippen LogP contribution is -2.57. The molecule has 4 rings (SSSR count). The highest BCUT2D eigenvalue weighted by Crippen LogP contribution is 2.34. The number of hydrogen-bond acceptors (Lipinski definition) is 10. The molecule has 1 aliphatic heterocycles. The number of thiophene rings is 1. The van der Waals surface area contributed by atoms with E-state index in [2.05, 4.69) is 20.3 Å². The number of fused-ring (bicyclic) bond motifs is 1. The lowest BCUT2D eigenvalue weighted by molar-refractivity contribution is -0.152. The number of hydrogen-bond donors (Lipinski definition) is 1. The predicted octanol–water partition coefficient (Wildman–Crippen LogP) is 4.21. The average Bonchev–Trinajstić information content (AvgIpc) is 3.53. The summed E-state index contributed by atoms with van der Waals surface area (Å²) in [7, 11) is 1.28. The quantitative estimate of drug-likeness (QED) is 0.433. The van der Waals surface area contributed by atoms with Gasteiger partial charge in [-0.2, -0.15) is 4.98 Å². The topological polar surface area (TPSA) is 133 Å². The van der Waals surface area contributed by atoms with Gasteiger partial charge in [0.1, 0.15) is 34.2 Å². The molecule has 0 aliphatic carbocycles. The number of rotatable bonds is 6. The fraction of sp³-hybridized carbons (Fsp3) is 0.500. The molecule has 1 unspecified atom stereocenters. The highest BCUT2D eigenvalue weighted by Gasteiger charge is 2.46. The molecule has 214 valence electrons. The largest absolute Gasteiger partial charge is 0.471 e. The molecule has 3 aromatic heterocycles. The van der Waals surface area contributed by atoms with Crippen molar-refractivity contribution in [2.75, 3.05) is 13.7 Å². The Bertz CT molecular complexity index is 1380. The van der Waals surface area contributed by atoms with Crippen LogP contribution in [-0.4, -0.2) is 75.3 Å². The van der Waals surface area contributed by atoms with Crippen molar-refractivity contribution < 1.29 is 28.6 Å². The number of methoxy groups -OCH3 is 1. The van der Waals surface area contributed by atoms with Crippen molar-refractivity contribution in [3.63, 3.8) is 0 Å². The smallest absolute Gasteiger partial charge is 0.408 e. The number of esters is 1. The highest BCUT2D eigenvalue weighted by atomic mass is 32.1. The Kier molecular flexibility index (Phi) is 8.29. The molecule has 4 heterocycles. The summed E-state index contributed by atoms with van der Waals surface area (Å²) in [5, 5.41) is 4.60. The zero-order chi connectivity index (χ0) is 29.2. The molecule has 12 heteroatoms. The first kappa shape index (κ1) is 29.2. The number of carbonyl (C=O) groups excluding carboxylic acids is 3. The summed E-state index contributed by atoms with van der Waals surface area (Å²) in [6.07, 6.45) is 0.574. The molecule has 0 aromatic carbocycles. The summed E-state index contributed by atoms with van der Waals surface area (Å²) >= 11 is 1.44. The van der Waals surface area contributed by atoms with E-state index in [4.69, 9.17) is 14.2 Å². The first-order valence-corrected chi connectivity index (χ1v) is 13.9. The number of likely N-dealkylation sites (tertiary alicyclic amines) is 1. The molecule has 1 N–H and O–H groups in total. The summed E-state index contributed by atoms with van der Waals surface area (Å²) in [6, 6.07) is 5.48. The van der Waals surface area contributed by atoms with Crippen LogP contribution < -0.4 is 10.1 Å². The van der Waals surface area contributed by atoms with Crippen molar-refractivity contribution in [2.24, 2.45) is 5.41 Å². The van der Waals surface area contributed by atoms with Crippen LogP contribution in [0.5, 0.6) is 5.88 Å². The number of nitrogens with one attached hydrogen (secondary N) is 1. The molecule has 3 atom stereocenters. The Morgan fingerprint density at radius 3 is 2.48 bits per heavy atom. The molecule has 11 nitrogen and oxygen atoms in total. The maximum atomic E-state index is 13.9. The Hall–Kier alpha value is -3.80. The monoisotopic (exact) mass is 569 g/mol. The van der Waals surface area contributed by atoms with Crippen molar-refractivity contribution in [2.45, 2.75) is 71.8 Å². The SMILES string of the molecule is COC(=O)C1C[C@@H](Oc2nc(-c3ccccn3)nc3ccsc23)CN1C(=O)[C@@H](NC(=O)OC(C)(C)C)C(C)(C)C. The average molecular weight is 570 g/mol. The third kappa shape index (κ3) is 6.67. The Morgan fingerprint density at radius 1 is 1.10 bits per heavy atom. The fourth-order valence-electron chi connectivity index (χ4n) is 4.41. The molecule has 1 saturated heterocycles. The number of carbonyl (C=O) groups is 3. The van der Waals surface area contributed by atoms with Crippen molar-refractivity contribution in [1.82, 2.24) is 25.2 Å². The second-order valence-electron chi connectivity index (χ2n) is 11.7. The molecule has 0 radical (unpaired) electrons. The molecule has 0 bridgehead atoms. The van der Waals surface area contributed by atoms with Gasteiger partial charge in [-0.1, -0.05) is 26.8 Å². The Labute approximate surface area is 237 Å². The molecule has 40 heavy (non-hydrogen) atoms. The van der Waals surface area contributed by atoms with Gasteiger partial charge in [0, 0.05) is 12.6 Å². The number of amides is 2. The minimum Gasteiger partial charge on any atom is -0.471 e. The molecule has 0 saturated carbocycles. The summed E-state index contributed by atoms with van der Waals surface area (Å²) in [4.78, 5) is 54.3. The van der Waals surface area contributed by atoms with Crippen LogP contribution in [-0.2, 0) is 19.1 Å². The van der Waals surface area contributed by atoms with Crippen LogP contribution in [0.3, 0.4) is 0 Å². The maximum absolute atomic E-state index is 13.9. The van der Waals surface area contributed by atoms with Crippen LogP contribution in [0.4, 0.5) is 4.79 Å². The lowest BCUT2D eigenvalue weighted by atomic mass is 9.85. The Balaban J connectivity index is 1.61. The van der Waals surface area contributed by atoms with Crippen LogP contribution in [0.15, 0.2) is 35.8 Å². The van der Waals surface area contributed by atoms with Gasteiger partial charge in [0.05, 0.1) is 19.2 Å². The molecular weight excluding hydrogens is 534 g/mol. The van der Waals surface area contributed by atoms with Crippen LogP contribution >= 0.6 is 11.3 Å². The lowest BCUT2D eigenvalue weighted by Gasteiger charge is -2.35. The molecule has 3 aromatic rings. The van der Waals surface area contributed by atoms with Gasteiger partial charge in [-0.15, -0.1) is 11.3 Å². The molecule has 2 amide bonds. The minimum absolute atomic E-state index is 0.0942. The summed E-state index contributed by atoms with van der Waals surface area (Å²) in [5.74, 6) is -0.241. The van der Waals surface area contributed by atoms with Gasteiger partial charge >= 0.3 is 12.1 Å². The van der Waals surface area contributed by atoms with E-state index < -0.39 is 47.2 Å². The number of alkyl carbamates (subject to hydrolysis) is 1. The molecule has 1 aliphatic rings. The van der Waals surface area contributed by atoms with Crippen molar-refractivity contribution in [3.8, 4) is 17.4 Å². The number of nitrogens with zero attached hydrogens (tertiary/aromatic N) is 4. The van der Waals surface area contributed by atoms with E-state index in [1.165, 1.54) is 23.3 Å². The van der Waals surface area contributed by atoms with E-state index in [0.29, 0.717) is 22.9 Å². The minimum atomic E-state index is -0.966. The van der Waals surface area contributed by atoms with E-state index in [-0.39, 0.29) is 13.0 Å². The molecular formula is C28H35N5O6S. The van der Waals surface area contributed by atoms with Gasteiger partial charge in [-0.25, -0.2) is 14.6 Å². The van der Waals surface area contributed by atoms with Crippen LogP contribution in [0.2, 0.25) is 0 Å². The second-order valence-corrected chi connectivity index (χ2v) is 12.6. The first-order chi connectivity index (χ1) is 18.8. The molecule has 0 spiro atoms. The van der Waals surface area contributed by atoms with Crippen LogP contribution in [0, 0.1) is 5.41 Å². The van der Waals surface area contributed by atoms with Gasteiger partial charge < -0.3 is 24.4 Å².